The minimum Gasteiger partial charge on any atom is -0.308 e. The molecule has 2 rings (SSSR count). The molecule has 1 aliphatic carbocycles. The molecule has 2 aliphatic rings. The van der Waals surface area contributed by atoms with Gasteiger partial charge in [-0.2, -0.15) is 0 Å². The van der Waals surface area contributed by atoms with Crippen LogP contribution in [-0.2, 0) is 4.79 Å². The van der Waals surface area contributed by atoms with Crippen LogP contribution < -0.4 is 10.7 Å². The number of hydrogen-bond acceptors (Lipinski definition) is 3. The number of nitrogens with zero attached hydrogens (tertiary/aromatic N) is 1. The molecule has 0 aromatic rings. The molecule has 2 fully saturated rings. The van der Waals surface area contributed by atoms with E-state index in [9.17, 15) is 4.79 Å². The first-order valence-electron chi connectivity index (χ1n) is 6.10. The number of hydrogen-bond donors (Lipinski definition) is 2. The predicted molar refractivity (Wildman–Crippen MR) is 59.2 cm³/mol. The Morgan fingerprint density at radius 2 is 1.93 bits per heavy atom. The third-order valence-corrected chi connectivity index (χ3v) is 3.05. The maximum Gasteiger partial charge on any atom is 0.248 e. The van der Waals surface area contributed by atoms with Gasteiger partial charge in [0, 0.05) is 13.1 Å². The van der Waals surface area contributed by atoms with E-state index in [0.29, 0.717) is 6.54 Å². The Labute approximate surface area is 91.4 Å². The fourth-order valence-corrected chi connectivity index (χ4v) is 1.93. The van der Waals surface area contributed by atoms with E-state index in [-0.39, 0.29) is 5.91 Å². The van der Waals surface area contributed by atoms with Gasteiger partial charge in [-0.3, -0.25) is 10.2 Å². The maximum absolute atomic E-state index is 11.5. The third kappa shape index (κ3) is 4.18. The summed E-state index contributed by atoms with van der Waals surface area (Å²) in [7, 11) is 0. The summed E-state index contributed by atoms with van der Waals surface area (Å²) in [4.78, 5) is 11.5. The zero-order valence-electron chi connectivity index (χ0n) is 9.30. The summed E-state index contributed by atoms with van der Waals surface area (Å²) in [6, 6.07) is 0. The van der Waals surface area contributed by atoms with E-state index in [1.807, 2.05) is 5.01 Å². The number of nitrogens with one attached hydrogen (secondary N) is 2. The molecule has 1 aliphatic heterocycles. The van der Waals surface area contributed by atoms with Crippen molar-refractivity contribution in [1.82, 2.24) is 15.8 Å². The maximum atomic E-state index is 11.5. The van der Waals surface area contributed by atoms with E-state index in [2.05, 4.69) is 10.7 Å². The second kappa shape index (κ2) is 5.47. The third-order valence-electron chi connectivity index (χ3n) is 3.05. The fraction of sp³-hybridized carbons (Fsp3) is 0.909. The topological polar surface area (TPSA) is 44.4 Å². The number of hydrazine groups is 1. The first-order valence-corrected chi connectivity index (χ1v) is 6.10. The number of rotatable bonds is 5. The molecule has 1 amide bonds. The zero-order valence-corrected chi connectivity index (χ0v) is 9.30. The normalized spacial score (nSPS) is 22.7. The SMILES string of the molecule is O=C(CNCC1CC1)NN1CCCCC1. The summed E-state index contributed by atoms with van der Waals surface area (Å²) in [5.41, 5.74) is 2.94. The van der Waals surface area contributed by atoms with Crippen molar-refractivity contribution in [3.05, 3.63) is 0 Å². The standard InChI is InChI=1S/C11H21N3O/c15-11(9-12-8-10-4-5-10)13-14-6-2-1-3-7-14/h10,12H,1-9H2,(H,13,15). The van der Waals surface area contributed by atoms with E-state index in [1.165, 1.54) is 32.1 Å². The van der Waals surface area contributed by atoms with Crippen LogP contribution in [0.5, 0.6) is 0 Å². The Balaban J connectivity index is 1.54. The van der Waals surface area contributed by atoms with E-state index in [4.69, 9.17) is 0 Å². The zero-order chi connectivity index (χ0) is 10.5. The molecule has 0 spiro atoms. The molecule has 0 atom stereocenters. The van der Waals surface area contributed by atoms with Crippen molar-refractivity contribution >= 4 is 5.91 Å². The summed E-state index contributed by atoms with van der Waals surface area (Å²) in [6.07, 6.45) is 6.37. The minimum atomic E-state index is 0.109. The van der Waals surface area contributed by atoms with Crippen LogP contribution in [-0.4, -0.2) is 37.1 Å². The van der Waals surface area contributed by atoms with Crippen molar-refractivity contribution in [3.63, 3.8) is 0 Å². The van der Waals surface area contributed by atoms with Crippen molar-refractivity contribution in [2.24, 2.45) is 5.92 Å². The van der Waals surface area contributed by atoms with E-state index >= 15 is 0 Å². The Hall–Kier alpha value is -0.610. The van der Waals surface area contributed by atoms with Crippen LogP contribution in [0.4, 0.5) is 0 Å². The molecule has 4 heteroatoms. The van der Waals surface area contributed by atoms with Gasteiger partial charge in [-0.1, -0.05) is 6.42 Å². The second-order valence-corrected chi connectivity index (χ2v) is 4.66. The van der Waals surface area contributed by atoms with Crippen molar-refractivity contribution in [2.75, 3.05) is 26.2 Å². The highest BCUT2D eigenvalue weighted by Gasteiger charge is 2.20. The Bertz CT molecular complexity index is 210. The summed E-state index contributed by atoms with van der Waals surface area (Å²) in [5, 5.41) is 5.24. The van der Waals surface area contributed by atoms with Crippen LogP contribution in [0.25, 0.3) is 0 Å². The van der Waals surface area contributed by atoms with Crippen LogP contribution >= 0.6 is 0 Å². The van der Waals surface area contributed by atoms with E-state index in [0.717, 1.165) is 25.6 Å². The number of piperidine rings is 1. The van der Waals surface area contributed by atoms with Gasteiger partial charge in [0.2, 0.25) is 5.91 Å². The Kier molecular flexibility index (Phi) is 3.97. The number of amides is 1. The second-order valence-electron chi connectivity index (χ2n) is 4.66. The van der Waals surface area contributed by atoms with Gasteiger partial charge in [-0.25, -0.2) is 5.01 Å². The lowest BCUT2D eigenvalue weighted by Crippen LogP contribution is -2.48. The van der Waals surface area contributed by atoms with Gasteiger partial charge in [0.1, 0.15) is 0 Å². The van der Waals surface area contributed by atoms with Crippen LogP contribution in [0.1, 0.15) is 32.1 Å². The first-order chi connectivity index (χ1) is 7.34. The number of carbonyl (C=O) groups is 1. The molecule has 0 aromatic heterocycles. The van der Waals surface area contributed by atoms with Crippen LogP contribution in [0.2, 0.25) is 0 Å². The molecule has 0 aromatic carbocycles. The largest absolute Gasteiger partial charge is 0.308 e. The molecule has 1 saturated carbocycles. The average molecular weight is 211 g/mol. The number of carbonyl (C=O) groups excluding carboxylic acids is 1. The molecule has 0 radical (unpaired) electrons. The molecule has 2 N–H and O–H groups in total. The van der Waals surface area contributed by atoms with E-state index in [1.54, 1.807) is 0 Å². The molecule has 1 heterocycles. The van der Waals surface area contributed by atoms with E-state index < -0.39 is 0 Å². The van der Waals surface area contributed by atoms with Crippen molar-refractivity contribution in [3.8, 4) is 0 Å². The first kappa shape index (κ1) is 10.9. The Morgan fingerprint density at radius 3 is 2.60 bits per heavy atom. The van der Waals surface area contributed by atoms with Gasteiger partial charge in [0.15, 0.2) is 0 Å². The molecule has 86 valence electrons. The lowest BCUT2D eigenvalue weighted by Gasteiger charge is -2.26. The predicted octanol–water partition coefficient (Wildman–Crippen LogP) is 0.503. The summed E-state index contributed by atoms with van der Waals surface area (Å²) < 4.78 is 0. The molecular formula is C11H21N3O. The molecule has 15 heavy (non-hydrogen) atoms. The molecule has 0 bridgehead atoms. The van der Waals surface area contributed by atoms with Crippen LogP contribution in [0, 0.1) is 5.92 Å². The molecule has 1 saturated heterocycles. The molecule has 4 nitrogen and oxygen atoms in total. The highest BCUT2D eigenvalue weighted by atomic mass is 16.2. The highest BCUT2D eigenvalue weighted by molar-refractivity contribution is 5.77. The van der Waals surface area contributed by atoms with Crippen LogP contribution in [0.15, 0.2) is 0 Å². The monoisotopic (exact) mass is 211 g/mol. The summed E-state index contributed by atoms with van der Waals surface area (Å²) >= 11 is 0. The van der Waals surface area contributed by atoms with Gasteiger partial charge in [-0.15, -0.1) is 0 Å². The fourth-order valence-electron chi connectivity index (χ4n) is 1.93. The van der Waals surface area contributed by atoms with Gasteiger partial charge >= 0.3 is 0 Å². The minimum absolute atomic E-state index is 0.109. The summed E-state index contributed by atoms with van der Waals surface area (Å²) in [5.74, 6) is 0.949. The quantitative estimate of drug-likeness (QED) is 0.696. The summed E-state index contributed by atoms with van der Waals surface area (Å²) in [6.45, 7) is 3.49. The van der Waals surface area contributed by atoms with Crippen molar-refractivity contribution in [2.45, 2.75) is 32.1 Å². The molecular weight excluding hydrogens is 190 g/mol. The average Bonchev–Trinajstić information content (AvgIpc) is 3.03. The van der Waals surface area contributed by atoms with Crippen molar-refractivity contribution < 1.29 is 4.79 Å². The highest BCUT2D eigenvalue weighted by Crippen LogP contribution is 2.27. The van der Waals surface area contributed by atoms with Gasteiger partial charge in [0.25, 0.3) is 0 Å². The smallest absolute Gasteiger partial charge is 0.248 e. The molecule has 0 unspecified atom stereocenters. The lowest BCUT2D eigenvalue weighted by molar-refractivity contribution is -0.125. The van der Waals surface area contributed by atoms with Gasteiger partial charge in [-0.05, 0) is 38.1 Å². The lowest BCUT2D eigenvalue weighted by atomic mass is 10.2. The van der Waals surface area contributed by atoms with Crippen LogP contribution in [0.3, 0.4) is 0 Å². The van der Waals surface area contributed by atoms with Gasteiger partial charge < -0.3 is 5.32 Å². The Morgan fingerprint density at radius 1 is 1.20 bits per heavy atom. The van der Waals surface area contributed by atoms with Gasteiger partial charge in [0.05, 0.1) is 6.54 Å². The van der Waals surface area contributed by atoms with Crippen molar-refractivity contribution in [1.29, 1.82) is 0 Å².